The van der Waals surface area contributed by atoms with Crippen LogP contribution in [0.5, 0.6) is 0 Å². The monoisotopic (exact) mass is 195 g/mol. The fourth-order valence-corrected chi connectivity index (χ4v) is 2.57. The van der Waals surface area contributed by atoms with Crippen molar-refractivity contribution in [3.8, 4) is 0 Å². The van der Waals surface area contributed by atoms with Crippen molar-refractivity contribution < 1.29 is 0 Å². The van der Waals surface area contributed by atoms with E-state index in [-0.39, 0.29) is 0 Å². The summed E-state index contributed by atoms with van der Waals surface area (Å²) in [6.07, 6.45) is 11.1. The molecule has 2 N–H and O–H groups in total. The van der Waals surface area contributed by atoms with Crippen LogP contribution >= 0.6 is 0 Å². The number of hydrogen-bond acceptors (Lipinski definition) is 1. The van der Waals surface area contributed by atoms with Crippen LogP contribution < -0.4 is 5.73 Å². The summed E-state index contributed by atoms with van der Waals surface area (Å²) >= 11 is 0. The lowest BCUT2D eigenvalue weighted by molar-refractivity contribution is 0.234. The van der Waals surface area contributed by atoms with Gasteiger partial charge in [-0.05, 0) is 37.5 Å². The third kappa shape index (κ3) is 3.45. The Hall–Kier alpha value is -0.300. The van der Waals surface area contributed by atoms with E-state index in [0.29, 0.717) is 6.04 Å². The fraction of sp³-hybridized carbons (Fsp3) is 0.846. The second kappa shape index (κ2) is 6.23. The summed E-state index contributed by atoms with van der Waals surface area (Å²) in [6, 6.07) is 0.422. The van der Waals surface area contributed by atoms with Crippen LogP contribution in [0.2, 0.25) is 0 Å². The van der Waals surface area contributed by atoms with Gasteiger partial charge in [-0.15, -0.1) is 6.58 Å². The standard InChI is InChI=1S/C13H25N/c1-3-5-6-13(14)12-9-7-11(4-2)8-10-12/h3,11-13H,1,4-10,14H2,2H3. The van der Waals surface area contributed by atoms with Crippen molar-refractivity contribution in [2.24, 2.45) is 17.6 Å². The van der Waals surface area contributed by atoms with Crippen LogP contribution in [0.3, 0.4) is 0 Å². The molecule has 0 spiro atoms. The van der Waals surface area contributed by atoms with E-state index in [1.54, 1.807) is 0 Å². The van der Waals surface area contributed by atoms with Crippen molar-refractivity contribution in [2.45, 2.75) is 57.9 Å². The molecule has 1 saturated carbocycles. The average Bonchev–Trinajstić information content (AvgIpc) is 2.26. The zero-order valence-electron chi connectivity index (χ0n) is 9.54. The van der Waals surface area contributed by atoms with Gasteiger partial charge in [0.1, 0.15) is 0 Å². The Balaban J connectivity index is 2.22. The number of hydrogen-bond donors (Lipinski definition) is 1. The number of rotatable bonds is 5. The lowest BCUT2D eigenvalue weighted by Gasteiger charge is -2.31. The molecule has 0 aromatic heterocycles. The molecule has 1 aliphatic rings. The lowest BCUT2D eigenvalue weighted by atomic mass is 9.77. The van der Waals surface area contributed by atoms with Crippen molar-refractivity contribution in [1.82, 2.24) is 0 Å². The molecule has 0 radical (unpaired) electrons. The van der Waals surface area contributed by atoms with E-state index in [2.05, 4.69) is 13.5 Å². The Morgan fingerprint density at radius 3 is 2.50 bits per heavy atom. The van der Waals surface area contributed by atoms with Gasteiger partial charge in [0.25, 0.3) is 0 Å². The molecule has 0 aliphatic heterocycles. The quantitative estimate of drug-likeness (QED) is 0.668. The summed E-state index contributed by atoms with van der Waals surface area (Å²) < 4.78 is 0. The van der Waals surface area contributed by atoms with E-state index in [0.717, 1.165) is 24.7 Å². The highest BCUT2D eigenvalue weighted by molar-refractivity contribution is 4.81. The molecule has 1 nitrogen and oxygen atoms in total. The number of allylic oxidation sites excluding steroid dienone is 1. The first-order chi connectivity index (χ1) is 6.77. The summed E-state index contributed by atoms with van der Waals surface area (Å²) in [5, 5.41) is 0. The molecule has 1 atom stereocenters. The minimum absolute atomic E-state index is 0.422. The van der Waals surface area contributed by atoms with Gasteiger partial charge in [0.2, 0.25) is 0 Å². The molecule has 0 saturated heterocycles. The third-order valence-electron chi connectivity index (χ3n) is 3.78. The predicted octanol–water partition coefficient (Wildman–Crippen LogP) is 3.50. The molecule has 0 amide bonds. The molecule has 0 aromatic carbocycles. The molecule has 0 aromatic rings. The molecule has 14 heavy (non-hydrogen) atoms. The van der Waals surface area contributed by atoms with E-state index in [4.69, 9.17) is 5.73 Å². The van der Waals surface area contributed by atoms with Gasteiger partial charge in [-0.25, -0.2) is 0 Å². The van der Waals surface area contributed by atoms with Crippen molar-refractivity contribution in [3.05, 3.63) is 12.7 Å². The maximum Gasteiger partial charge on any atom is 0.00701 e. The van der Waals surface area contributed by atoms with Crippen LogP contribution in [0.1, 0.15) is 51.9 Å². The lowest BCUT2D eigenvalue weighted by Crippen LogP contribution is -2.32. The molecule has 1 aliphatic carbocycles. The summed E-state index contributed by atoms with van der Waals surface area (Å²) in [7, 11) is 0. The Kier molecular flexibility index (Phi) is 5.24. The van der Waals surface area contributed by atoms with Crippen LogP contribution in [-0.2, 0) is 0 Å². The topological polar surface area (TPSA) is 26.0 Å². The summed E-state index contributed by atoms with van der Waals surface area (Å²) in [6.45, 7) is 6.06. The van der Waals surface area contributed by atoms with Crippen molar-refractivity contribution in [3.63, 3.8) is 0 Å². The Labute approximate surface area is 88.8 Å². The Morgan fingerprint density at radius 2 is 2.00 bits per heavy atom. The average molecular weight is 195 g/mol. The third-order valence-corrected chi connectivity index (χ3v) is 3.78. The molecule has 1 fully saturated rings. The zero-order chi connectivity index (χ0) is 10.4. The second-order valence-corrected chi connectivity index (χ2v) is 4.72. The van der Waals surface area contributed by atoms with Gasteiger partial charge in [0.15, 0.2) is 0 Å². The highest BCUT2D eigenvalue weighted by atomic mass is 14.6. The second-order valence-electron chi connectivity index (χ2n) is 4.72. The summed E-state index contributed by atoms with van der Waals surface area (Å²) in [5.41, 5.74) is 6.17. The molecular formula is C13H25N. The minimum atomic E-state index is 0.422. The fourth-order valence-electron chi connectivity index (χ4n) is 2.57. The van der Waals surface area contributed by atoms with E-state index in [9.17, 15) is 0 Å². The molecule has 0 bridgehead atoms. The minimum Gasteiger partial charge on any atom is -0.327 e. The first-order valence-corrected chi connectivity index (χ1v) is 6.14. The van der Waals surface area contributed by atoms with E-state index >= 15 is 0 Å². The van der Waals surface area contributed by atoms with Gasteiger partial charge < -0.3 is 5.73 Å². The first kappa shape index (κ1) is 11.8. The van der Waals surface area contributed by atoms with Crippen molar-refractivity contribution >= 4 is 0 Å². The largest absolute Gasteiger partial charge is 0.327 e. The normalized spacial score (nSPS) is 29.9. The molecule has 1 unspecified atom stereocenters. The maximum atomic E-state index is 6.17. The smallest absolute Gasteiger partial charge is 0.00701 e. The van der Waals surface area contributed by atoms with Crippen LogP contribution in [-0.4, -0.2) is 6.04 Å². The predicted molar refractivity (Wildman–Crippen MR) is 63.1 cm³/mol. The molecular weight excluding hydrogens is 170 g/mol. The summed E-state index contributed by atoms with van der Waals surface area (Å²) in [5.74, 6) is 1.77. The first-order valence-electron chi connectivity index (χ1n) is 6.14. The Morgan fingerprint density at radius 1 is 1.36 bits per heavy atom. The maximum absolute atomic E-state index is 6.17. The number of nitrogens with two attached hydrogens (primary N) is 1. The van der Waals surface area contributed by atoms with Gasteiger partial charge in [-0.3, -0.25) is 0 Å². The van der Waals surface area contributed by atoms with Crippen molar-refractivity contribution in [1.29, 1.82) is 0 Å². The van der Waals surface area contributed by atoms with Crippen LogP contribution in [0.15, 0.2) is 12.7 Å². The van der Waals surface area contributed by atoms with Gasteiger partial charge >= 0.3 is 0 Å². The van der Waals surface area contributed by atoms with E-state index in [1.165, 1.54) is 32.1 Å². The summed E-state index contributed by atoms with van der Waals surface area (Å²) in [4.78, 5) is 0. The Bertz CT molecular complexity index is 157. The molecule has 1 heteroatoms. The van der Waals surface area contributed by atoms with Crippen LogP contribution in [0.25, 0.3) is 0 Å². The van der Waals surface area contributed by atoms with E-state index < -0.39 is 0 Å². The van der Waals surface area contributed by atoms with Crippen LogP contribution in [0.4, 0.5) is 0 Å². The van der Waals surface area contributed by atoms with Gasteiger partial charge in [0.05, 0.1) is 0 Å². The highest BCUT2D eigenvalue weighted by Gasteiger charge is 2.23. The van der Waals surface area contributed by atoms with Gasteiger partial charge in [0, 0.05) is 6.04 Å². The molecule has 82 valence electrons. The van der Waals surface area contributed by atoms with E-state index in [1.807, 2.05) is 6.08 Å². The van der Waals surface area contributed by atoms with Crippen molar-refractivity contribution in [2.75, 3.05) is 0 Å². The van der Waals surface area contributed by atoms with Crippen LogP contribution in [0, 0.1) is 11.8 Å². The molecule has 1 rings (SSSR count). The molecule has 0 heterocycles. The van der Waals surface area contributed by atoms with Gasteiger partial charge in [-0.2, -0.15) is 0 Å². The SMILES string of the molecule is C=CCCC(N)C1CCC(CC)CC1. The van der Waals surface area contributed by atoms with Gasteiger partial charge in [-0.1, -0.05) is 32.3 Å². The zero-order valence-corrected chi connectivity index (χ0v) is 9.54. The highest BCUT2D eigenvalue weighted by Crippen LogP contribution is 2.32.